The first-order valence-corrected chi connectivity index (χ1v) is 7.53. The van der Waals surface area contributed by atoms with Crippen LogP contribution in [0, 0.1) is 12.8 Å². The van der Waals surface area contributed by atoms with Crippen LogP contribution in [0.5, 0.6) is 0 Å². The van der Waals surface area contributed by atoms with Crippen LogP contribution in [0.3, 0.4) is 0 Å². The molecule has 0 spiro atoms. The molecule has 0 radical (unpaired) electrons. The van der Waals surface area contributed by atoms with Crippen molar-refractivity contribution in [1.29, 1.82) is 0 Å². The minimum atomic E-state index is -0.647. The largest absolute Gasteiger partial charge is 0.354 e. The Morgan fingerprint density at radius 3 is 2.62 bits per heavy atom. The highest BCUT2D eigenvalue weighted by molar-refractivity contribution is 9.10. The number of nitrogens with one attached hydrogen (secondary N) is 1. The van der Waals surface area contributed by atoms with Gasteiger partial charge >= 0.3 is 0 Å². The lowest BCUT2D eigenvalue weighted by Gasteiger charge is -2.18. The quantitative estimate of drug-likeness (QED) is 0.843. The average molecular weight is 353 g/mol. The van der Waals surface area contributed by atoms with Crippen LogP contribution >= 0.6 is 15.9 Å². The van der Waals surface area contributed by atoms with E-state index in [-0.39, 0.29) is 12.5 Å². The molecule has 1 aromatic carbocycles. The Hall–Kier alpha value is -1.69. The fourth-order valence-electron chi connectivity index (χ4n) is 2.27. The van der Waals surface area contributed by atoms with E-state index in [0.29, 0.717) is 23.7 Å². The minimum Gasteiger partial charge on any atom is -0.354 e. The lowest BCUT2D eigenvalue weighted by atomic mass is 10.1. The molecular weight excluding hydrogens is 336 g/mol. The van der Waals surface area contributed by atoms with E-state index in [1.54, 1.807) is 6.07 Å². The fourth-order valence-corrected chi connectivity index (χ4v) is 2.85. The van der Waals surface area contributed by atoms with Crippen molar-refractivity contribution < 1.29 is 14.4 Å². The van der Waals surface area contributed by atoms with Crippen molar-refractivity contribution in [2.24, 2.45) is 5.92 Å². The summed E-state index contributed by atoms with van der Waals surface area (Å²) in [4.78, 5) is 37.3. The number of benzene rings is 1. The SMILES string of the molecule is Cc1cc(Br)cc2c1N(CC(=O)NCC(C)C)C(=O)C2=O. The molecule has 1 N–H and O–H groups in total. The molecule has 0 unspecified atom stereocenters. The van der Waals surface area contributed by atoms with Crippen molar-refractivity contribution in [3.63, 3.8) is 0 Å². The molecule has 0 aromatic heterocycles. The molecule has 2 rings (SSSR count). The number of anilines is 1. The van der Waals surface area contributed by atoms with Crippen LogP contribution in [-0.4, -0.2) is 30.7 Å². The van der Waals surface area contributed by atoms with Crippen molar-refractivity contribution in [3.05, 3.63) is 27.7 Å². The van der Waals surface area contributed by atoms with Crippen LogP contribution < -0.4 is 10.2 Å². The highest BCUT2D eigenvalue weighted by Crippen LogP contribution is 2.34. The summed E-state index contributed by atoms with van der Waals surface area (Å²) in [5.41, 5.74) is 1.67. The van der Waals surface area contributed by atoms with Crippen molar-refractivity contribution in [1.82, 2.24) is 5.32 Å². The number of aryl methyl sites for hydroxylation is 1. The maximum atomic E-state index is 12.1. The zero-order valence-corrected chi connectivity index (χ0v) is 13.8. The lowest BCUT2D eigenvalue weighted by molar-refractivity contribution is -0.122. The number of hydrogen-bond donors (Lipinski definition) is 1. The highest BCUT2D eigenvalue weighted by Gasteiger charge is 2.38. The van der Waals surface area contributed by atoms with Gasteiger partial charge in [-0.2, -0.15) is 0 Å². The standard InChI is InChI=1S/C15H17BrN2O3/c1-8(2)6-17-12(19)7-18-13-9(3)4-10(16)5-11(13)14(20)15(18)21/h4-5,8H,6-7H2,1-3H3,(H,17,19). The Bertz CT molecular complexity index is 626. The van der Waals surface area contributed by atoms with E-state index in [1.165, 1.54) is 4.90 Å². The summed E-state index contributed by atoms with van der Waals surface area (Å²) >= 11 is 3.31. The van der Waals surface area contributed by atoms with Crippen molar-refractivity contribution >= 4 is 39.2 Å². The zero-order chi connectivity index (χ0) is 15.7. The normalized spacial score (nSPS) is 13.9. The monoisotopic (exact) mass is 352 g/mol. The molecule has 1 aromatic rings. The predicted octanol–water partition coefficient (Wildman–Crippen LogP) is 2.06. The maximum Gasteiger partial charge on any atom is 0.299 e. The minimum absolute atomic E-state index is 0.132. The molecule has 1 aliphatic rings. The van der Waals surface area contributed by atoms with Crippen LogP contribution in [0.25, 0.3) is 0 Å². The van der Waals surface area contributed by atoms with Gasteiger partial charge in [-0.25, -0.2) is 0 Å². The average Bonchev–Trinajstić information content (AvgIpc) is 2.62. The smallest absolute Gasteiger partial charge is 0.299 e. The Balaban J connectivity index is 2.25. The third kappa shape index (κ3) is 3.15. The molecular formula is C15H17BrN2O3. The molecule has 112 valence electrons. The lowest BCUT2D eigenvalue weighted by Crippen LogP contribution is -2.41. The Morgan fingerprint density at radius 1 is 1.33 bits per heavy atom. The van der Waals surface area contributed by atoms with E-state index in [9.17, 15) is 14.4 Å². The zero-order valence-electron chi connectivity index (χ0n) is 12.2. The molecule has 2 amide bonds. The number of carbonyl (C=O) groups is 3. The van der Waals surface area contributed by atoms with E-state index in [1.807, 2.05) is 26.8 Å². The molecule has 0 fully saturated rings. The first-order valence-electron chi connectivity index (χ1n) is 6.74. The van der Waals surface area contributed by atoms with Crippen LogP contribution in [0.15, 0.2) is 16.6 Å². The van der Waals surface area contributed by atoms with Crippen molar-refractivity contribution in [2.75, 3.05) is 18.0 Å². The Morgan fingerprint density at radius 2 is 2.00 bits per heavy atom. The summed E-state index contributed by atoms with van der Waals surface area (Å²) in [6.07, 6.45) is 0. The second kappa shape index (κ2) is 5.97. The van der Waals surface area contributed by atoms with E-state index in [4.69, 9.17) is 0 Å². The van der Waals surface area contributed by atoms with Gasteiger partial charge < -0.3 is 5.32 Å². The van der Waals surface area contributed by atoms with E-state index in [2.05, 4.69) is 21.2 Å². The molecule has 0 saturated heterocycles. The van der Waals surface area contributed by atoms with Gasteiger partial charge in [0.1, 0.15) is 6.54 Å². The molecule has 5 nitrogen and oxygen atoms in total. The number of carbonyl (C=O) groups excluding carboxylic acids is 3. The summed E-state index contributed by atoms with van der Waals surface area (Å²) < 4.78 is 0.742. The molecule has 0 atom stereocenters. The van der Waals surface area contributed by atoms with Crippen molar-refractivity contribution in [3.8, 4) is 0 Å². The first-order chi connectivity index (χ1) is 9.81. The van der Waals surface area contributed by atoms with E-state index < -0.39 is 11.7 Å². The van der Waals surface area contributed by atoms with Gasteiger partial charge in [0.25, 0.3) is 11.7 Å². The van der Waals surface area contributed by atoms with Gasteiger partial charge in [0.15, 0.2) is 0 Å². The summed E-state index contributed by atoms with van der Waals surface area (Å²) in [7, 11) is 0. The third-order valence-corrected chi connectivity index (χ3v) is 3.69. The van der Waals surface area contributed by atoms with Gasteiger partial charge in [-0.15, -0.1) is 0 Å². The van der Waals surface area contributed by atoms with Gasteiger partial charge in [-0.3, -0.25) is 19.3 Å². The van der Waals surface area contributed by atoms with Gasteiger partial charge in [-0.05, 0) is 30.5 Å². The van der Waals surface area contributed by atoms with Crippen LogP contribution in [0.1, 0.15) is 29.8 Å². The predicted molar refractivity (Wildman–Crippen MR) is 83.4 cm³/mol. The highest BCUT2D eigenvalue weighted by atomic mass is 79.9. The molecule has 0 bridgehead atoms. The Labute approximate surface area is 131 Å². The molecule has 1 heterocycles. The number of amides is 2. The summed E-state index contributed by atoms with van der Waals surface area (Å²) in [5, 5.41) is 2.75. The van der Waals surface area contributed by atoms with Gasteiger partial charge in [0, 0.05) is 11.0 Å². The summed E-state index contributed by atoms with van der Waals surface area (Å²) in [6.45, 7) is 6.20. The molecule has 0 aliphatic carbocycles. The number of ketones is 1. The van der Waals surface area contributed by atoms with Crippen LogP contribution in [-0.2, 0) is 9.59 Å². The van der Waals surface area contributed by atoms with Crippen molar-refractivity contribution in [2.45, 2.75) is 20.8 Å². The first kappa shape index (κ1) is 15.7. The second-order valence-electron chi connectivity index (χ2n) is 5.54. The number of nitrogens with zero attached hydrogens (tertiary/aromatic N) is 1. The number of fused-ring (bicyclic) bond motifs is 1. The molecule has 6 heteroatoms. The van der Waals surface area contributed by atoms with Gasteiger partial charge in [-0.1, -0.05) is 29.8 Å². The second-order valence-corrected chi connectivity index (χ2v) is 6.45. The third-order valence-electron chi connectivity index (χ3n) is 3.23. The fraction of sp³-hybridized carbons (Fsp3) is 0.400. The number of Topliss-reactive ketones (excluding diaryl/α,β-unsaturated/α-hetero) is 1. The maximum absolute atomic E-state index is 12.1. The van der Waals surface area contributed by atoms with Gasteiger partial charge in [0.05, 0.1) is 11.3 Å². The topological polar surface area (TPSA) is 66.5 Å². The van der Waals surface area contributed by atoms with E-state index in [0.717, 1.165) is 10.0 Å². The molecule has 0 saturated carbocycles. The van der Waals surface area contributed by atoms with Gasteiger partial charge in [0.2, 0.25) is 5.91 Å². The number of halogens is 1. The van der Waals surface area contributed by atoms with Crippen LogP contribution in [0.4, 0.5) is 5.69 Å². The molecule has 1 aliphatic heterocycles. The van der Waals surface area contributed by atoms with E-state index >= 15 is 0 Å². The summed E-state index contributed by atoms with van der Waals surface area (Å²) in [6, 6.07) is 3.44. The number of rotatable bonds is 4. The number of hydrogen-bond acceptors (Lipinski definition) is 3. The van der Waals surface area contributed by atoms with Crippen LogP contribution in [0.2, 0.25) is 0 Å². The summed E-state index contributed by atoms with van der Waals surface area (Å²) in [5.74, 6) is -1.15. The Kier molecular flexibility index (Phi) is 4.46. The molecule has 21 heavy (non-hydrogen) atoms.